The molecule has 9 heavy (non-hydrogen) atoms. The van der Waals surface area contributed by atoms with E-state index < -0.39 is 8.07 Å². The molecule has 2 heteroatoms. The molecule has 0 aliphatic rings. The van der Waals surface area contributed by atoms with E-state index in [1.807, 2.05) is 0 Å². The van der Waals surface area contributed by atoms with Gasteiger partial charge in [-0.05, 0) is 5.54 Å². The maximum absolute atomic E-state index is 5.44. The highest BCUT2D eigenvalue weighted by Crippen LogP contribution is 2.21. The van der Waals surface area contributed by atoms with E-state index in [4.69, 9.17) is 11.6 Å². The third-order valence-electron chi connectivity index (χ3n) is 1.73. The van der Waals surface area contributed by atoms with Crippen molar-refractivity contribution in [3.8, 4) is 0 Å². The van der Waals surface area contributed by atoms with Crippen LogP contribution in [0.2, 0.25) is 25.2 Å². The summed E-state index contributed by atoms with van der Waals surface area (Å²) >= 11 is 5.44. The number of halogens is 1. The Hall–Kier alpha value is 0.247. The van der Waals surface area contributed by atoms with Gasteiger partial charge in [0.1, 0.15) is 0 Å². The fourth-order valence-corrected chi connectivity index (χ4v) is 1.41. The Balaban J connectivity index is 3.88. The second-order valence-corrected chi connectivity index (χ2v) is 9.37. The van der Waals surface area contributed by atoms with Crippen molar-refractivity contribution in [3.63, 3.8) is 0 Å². The molecule has 0 amide bonds. The second-order valence-electron chi connectivity index (χ2n) is 3.47. The van der Waals surface area contributed by atoms with E-state index in [0.717, 1.165) is 0 Å². The van der Waals surface area contributed by atoms with Crippen LogP contribution in [-0.2, 0) is 0 Å². The van der Waals surface area contributed by atoms with Crippen molar-refractivity contribution in [2.45, 2.75) is 32.1 Å². The van der Waals surface area contributed by atoms with Gasteiger partial charge in [-0.2, -0.15) is 0 Å². The van der Waals surface area contributed by atoms with E-state index >= 15 is 0 Å². The van der Waals surface area contributed by atoms with Gasteiger partial charge in [-0.3, -0.25) is 0 Å². The molecule has 0 aliphatic carbocycles. The molecule has 0 heterocycles. The maximum atomic E-state index is 5.44. The van der Waals surface area contributed by atoms with Crippen LogP contribution < -0.4 is 0 Å². The molecule has 0 fully saturated rings. The lowest BCUT2D eigenvalue weighted by molar-refractivity contribution is 1.13. The highest BCUT2D eigenvalue weighted by atomic mass is 35.5. The normalized spacial score (nSPS) is 16.6. The van der Waals surface area contributed by atoms with E-state index in [2.05, 4.69) is 32.6 Å². The van der Waals surface area contributed by atoms with E-state index in [1.54, 1.807) is 5.54 Å². The summed E-state index contributed by atoms with van der Waals surface area (Å²) in [6, 6.07) is 0. The van der Waals surface area contributed by atoms with Crippen LogP contribution in [0.3, 0.4) is 0 Å². The molecule has 0 aromatic rings. The zero-order valence-electron chi connectivity index (χ0n) is 6.61. The van der Waals surface area contributed by atoms with Crippen LogP contribution >= 0.6 is 11.6 Å². The average Bonchev–Trinajstić information content (AvgIpc) is 1.64. The summed E-state index contributed by atoms with van der Waals surface area (Å²) in [6.45, 7) is 9.25. The van der Waals surface area contributed by atoms with Crippen molar-refractivity contribution in [1.82, 2.24) is 0 Å². The van der Waals surface area contributed by atoms with E-state index in [1.165, 1.54) is 0 Å². The van der Waals surface area contributed by atoms with Crippen molar-refractivity contribution in [3.05, 3.63) is 11.6 Å². The Kier molecular flexibility index (Phi) is 3.52. The molecule has 0 saturated heterocycles. The molecule has 0 nitrogen and oxygen atoms in total. The predicted molar refractivity (Wildman–Crippen MR) is 47.8 cm³/mol. The topological polar surface area (TPSA) is 0 Å². The average molecular weight is 163 g/mol. The lowest BCUT2D eigenvalue weighted by atomic mass is 10.5. The van der Waals surface area contributed by atoms with Gasteiger partial charge in [0.05, 0.1) is 8.07 Å². The molecule has 0 rings (SSSR count). The largest absolute Gasteiger partial charge is 0.0933 e. The Labute approximate surface area is 63.9 Å². The van der Waals surface area contributed by atoms with Crippen LogP contribution in [0.1, 0.15) is 6.92 Å². The SMILES string of the molecule is CC(C=CCl)[Si](C)(C)C. The minimum absolute atomic E-state index is 0.690. The zero-order chi connectivity index (χ0) is 7.49. The molecular weight excluding hydrogens is 148 g/mol. The second kappa shape index (κ2) is 3.42. The zero-order valence-corrected chi connectivity index (χ0v) is 8.37. The first kappa shape index (κ1) is 9.25. The summed E-state index contributed by atoms with van der Waals surface area (Å²) < 4.78 is 0. The standard InChI is InChI=1S/C7H15ClSi/c1-7(5-6-8)9(2,3)4/h5-7H,1-4H3. The van der Waals surface area contributed by atoms with Crippen LogP contribution in [0, 0.1) is 0 Å². The molecule has 0 radical (unpaired) electrons. The van der Waals surface area contributed by atoms with E-state index in [-0.39, 0.29) is 0 Å². The van der Waals surface area contributed by atoms with Gasteiger partial charge in [-0.1, -0.05) is 44.2 Å². The van der Waals surface area contributed by atoms with Crippen LogP contribution in [-0.4, -0.2) is 8.07 Å². The van der Waals surface area contributed by atoms with E-state index in [0.29, 0.717) is 5.54 Å². The molecule has 0 N–H and O–H groups in total. The molecule has 0 saturated carbocycles. The fraction of sp³-hybridized carbons (Fsp3) is 0.714. The predicted octanol–water partition coefficient (Wildman–Crippen LogP) is 3.47. The number of hydrogen-bond acceptors (Lipinski definition) is 0. The summed E-state index contributed by atoms with van der Waals surface area (Å²) in [5.41, 5.74) is 2.32. The minimum atomic E-state index is -0.953. The summed E-state index contributed by atoms with van der Waals surface area (Å²) in [5, 5.41) is 0. The van der Waals surface area contributed by atoms with Crippen molar-refractivity contribution in [2.24, 2.45) is 0 Å². The third-order valence-corrected chi connectivity index (χ3v) is 4.80. The fourth-order valence-electron chi connectivity index (χ4n) is 0.398. The van der Waals surface area contributed by atoms with Crippen LogP contribution in [0.15, 0.2) is 11.6 Å². The Bertz CT molecular complexity index is 102. The quantitative estimate of drug-likeness (QED) is 0.546. The monoisotopic (exact) mass is 162 g/mol. The summed E-state index contributed by atoms with van der Waals surface area (Å²) in [7, 11) is -0.953. The molecule has 1 unspecified atom stereocenters. The third kappa shape index (κ3) is 3.76. The molecule has 0 spiro atoms. The minimum Gasteiger partial charge on any atom is -0.0933 e. The Morgan fingerprint density at radius 3 is 1.89 bits per heavy atom. The van der Waals surface area contributed by atoms with Gasteiger partial charge in [-0.15, -0.1) is 0 Å². The van der Waals surface area contributed by atoms with Crippen molar-refractivity contribution in [1.29, 1.82) is 0 Å². The highest BCUT2D eigenvalue weighted by molar-refractivity contribution is 6.77. The van der Waals surface area contributed by atoms with Gasteiger partial charge >= 0.3 is 0 Å². The summed E-state index contributed by atoms with van der Waals surface area (Å²) in [4.78, 5) is 0. The first-order valence-corrected chi connectivity index (χ1v) is 7.26. The Morgan fingerprint density at radius 2 is 1.78 bits per heavy atom. The number of rotatable bonds is 2. The summed E-state index contributed by atoms with van der Waals surface area (Å²) in [6.07, 6.45) is 2.08. The highest BCUT2D eigenvalue weighted by Gasteiger charge is 2.18. The smallest absolute Gasteiger partial charge is 0.0510 e. The lowest BCUT2D eigenvalue weighted by Crippen LogP contribution is -2.24. The molecule has 0 bridgehead atoms. The molecule has 0 aromatic heterocycles. The molecule has 0 aromatic carbocycles. The first-order chi connectivity index (χ1) is 3.98. The number of hydrogen-bond donors (Lipinski definition) is 0. The Morgan fingerprint density at radius 1 is 1.33 bits per heavy atom. The lowest BCUT2D eigenvalue weighted by Gasteiger charge is -2.21. The molecular formula is C7H15ClSi. The first-order valence-electron chi connectivity index (χ1n) is 3.25. The molecule has 0 aliphatic heterocycles. The van der Waals surface area contributed by atoms with Crippen LogP contribution in [0.4, 0.5) is 0 Å². The van der Waals surface area contributed by atoms with E-state index in [9.17, 15) is 0 Å². The van der Waals surface area contributed by atoms with Gasteiger partial charge in [-0.25, -0.2) is 0 Å². The van der Waals surface area contributed by atoms with Gasteiger partial charge in [0, 0.05) is 5.54 Å². The maximum Gasteiger partial charge on any atom is 0.0510 e. The van der Waals surface area contributed by atoms with Crippen LogP contribution in [0.5, 0.6) is 0 Å². The van der Waals surface area contributed by atoms with Crippen molar-refractivity contribution in [2.75, 3.05) is 0 Å². The van der Waals surface area contributed by atoms with Gasteiger partial charge in [0.15, 0.2) is 0 Å². The summed E-state index contributed by atoms with van der Waals surface area (Å²) in [5.74, 6) is 0. The molecule has 1 atom stereocenters. The van der Waals surface area contributed by atoms with Gasteiger partial charge in [0.25, 0.3) is 0 Å². The van der Waals surface area contributed by atoms with Gasteiger partial charge in [0.2, 0.25) is 0 Å². The number of allylic oxidation sites excluding steroid dienone is 1. The van der Waals surface area contributed by atoms with Gasteiger partial charge < -0.3 is 0 Å². The van der Waals surface area contributed by atoms with Crippen molar-refractivity contribution < 1.29 is 0 Å². The van der Waals surface area contributed by atoms with Crippen molar-refractivity contribution >= 4 is 19.7 Å². The van der Waals surface area contributed by atoms with Crippen LogP contribution in [0.25, 0.3) is 0 Å². The molecule has 54 valence electrons.